The molecule has 0 saturated heterocycles. The van der Waals surface area contributed by atoms with Crippen molar-refractivity contribution >= 4 is 33.5 Å². The van der Waals surface area contributed by atoms with Gasteiger partial charge in [0.1, 0.15) is 15.7 Å². The quantitative estimate of drug-likeness (QED) is 0.768. The summed E-state index contributed by atoms with van der Waals surface area (Å²) in [4.78, 5) is 41.6. The lowest BCUT2D eigenvalue weighted by atomic mass is 10.2. The van der Waals surface area contributed by atoms with Crippen molar-refractivity contribution in [3.05, 3.63) is 27.1 Å². The van der Waals surface area contributed by atoms with E-state index in [4.69, 9.17) is 4.74 Å². The third-order valence-corrected chi connectivity index (χ3v) is 4.75. The summed E-state index contributed by atoms with van der Waals surface area (Å²) >= 11 is 1.12. The molecule has 0 aliphatic heterocycles. The zero-order chi connectivity index (χ0) is 18.0. The molecule has 2 heterocycles. The maximum Gasteiger partial charge on any atom is 0.348 e. The predicted octanol–water partition coefficient (Wildman–Crippen LogP) is 2.31. The first kappa shape index (κ1) is 18.1. The number of rotatable bonds is 5. The van der Waals surface area contributed by atoms with Gasteiger partial charge in [-0.1, -0.05) is 13.8 Å². The summed E-state index contributed by atoms with van der Waals surface area (Å²) in [5.41, 5.74) is 0.141. The van der Waals surface area contributed by atoms with Crippen LogP contribution in [0, 0.1) is 12.8 Å². The number of ether oxygens (including phenoxy) is 2. The van der Waals surface area contributed by atoms with Gasteiger partial charge < -0.3 is 9.47 Å². The summed E-state index contributed by atoms with van der Waals surface area (Å²) in [6.07, 6.45) is 1.30. The van der Waals surface area contributed by atoms with E-state index < -0.39 is 18.0 Å². The highest BCUT2D eigenvalue weighted by atomic mass is 32.1. The smallest absolute Gasteiger partial charge is 0.348 e. The van der Waals surface area contributed by atoms with E-state index in [-0.39, 0.29) is 11.5 Å². The number of carbonyl (C=O) groups excluding carboxylic acids is 2. The minimum Gasteiger partial charge on any atom is -0.467 e. The summed E-state index contributed by atoms with van der Waals surface area (Å²) in [5.74, 6) is -0.779. The fourth-order valence-electron chi connectivity index (χ4n) is 2.20. The van der Waals surface area contributed by atoms with Crippen LogP contribution in [0.1, 0.15) is 42.0 Å². The summed E-state index contributed by atoms with van der Waals surface area (Å²) in [7, 11) is 1.26. The van der Waals surface area contributed by atoms with Crippen molar-refractivity contribution in [1.82, 2.24) is 9.55 Å². The van der Waals surface area contributed by atoms with Gasteiger partial charge in [-0.3, -0.25) is 9.36 Å². The van der Waals surface area contributed by atoms with Gasteiger partial charge in [-0.05, 0) is 25.3 Å². The molecule has 0 spiro atoms. The van der Waals surface area contributed by atoms with E-state index in [1.165, 1.54) is 18.0 Å². The maximum absolute atomic E-state index is 12.7. The molecule has 0 aliphatic rings. The highest BCUT2D eigenvalue weighted by Gasteiger charge is 2.23. The summed E-state index contributed by atoms with van der Waals surface area (Å²) in [6.45, 7) is 7.43. The Morgan fingerprint density at radius 3 is 2.58 bits per heavy atom. The number of esters is 2. The maximum atomic E-state index is 12.7. The molecule has 0 N–H and O–H groups in total. The molecule has 2 aromatic rings. The number of aryl methyl sites for hydroxylation is 1. The monoisotopic (exact) mass is 352 g/mol. The highest BCUT2D eigenvalue weighted by molar-refractivity contribution is 7.20. The molecule has 2 rings (SSSR count). The first-order valence-electron chi connectivity index (χ1n) is 7.53. The Labute approximate surface area is 143 Å². The van der Waals surface area contributed by atoms with E-state index in [9.17, 15) is 14.4 Å². The van der Waals surface area contributed by atoms with Crippen LogP contribution in [-0.4, -0.2) is 35.2 Å². The molecule has 0 radical (unpaired) electrons. The molecular formula is C16H20N2O5S. The second kappa shape index (κ2) is 7.12. The van der Waals surface area contributed by atoms with Crippen molar-refractivity contribution in [3.63, 3.8) is 0 Å². The summed E-state index contributed by atoms with van der Waals surface area (Å²) in [6, 6.07) is -0.796. The number of fused-ring (bicyclic) bond motifs is 1. The van der Waals surface area contributed by atoms with Gasteiger partial charge in [0.05, 0.1) is 25.4 Å². The zero-order valence-electron chi connectivity index (χ0n) is 14.3. The van der Waals surface area contributed by atoms with Crippen LogP contribution in [0.3, 0.4) is 0 Å². The van der Waals surface area contributed by atoms with Crippen LogP contribution >= 0.6 is 11.3 Å². The Morgan fingerprint density at radius 1 is 1.33 bits per heavy atom. The fraction of sp³-hybridized carbons (Fsp3) is 0.500. The van der Waals surface area contributed by atoms with Gasteiger partial charge in [0.15, 0.2) is 0 Å². The molecule has 24 heavy (non-hydrogen) atoms. The number of thiophene rings is 1. The van der Waals surface area contributed by atoms with Gasteiger partial charge in [0.25, 0.3) is 5.56 Å². The second-order valence-electron chi connectivity index (χ2n) is 5.88. The lowest BCUT2D eigenvalue weighted by Crippen LogP contribution is -2.29. The van der Waals surface area contributed by atoms with Crippen LogP contribution < -0.4 is 5.56 Å². The number of hydrogen-bond acceptors (Lipinski definition) is 7. The van der Waals surface area contributed by atoms with Gasteiger partial charge in [0.2, 0.25) is 0 Å². The first-order valence-corrected chi connectivity index (χ1v) is 8.34. The predicted molar refractivity (Wildman–Crippen MR) is 90.5 cm³/mol. The van der Waals surface area contributed by atoms with Gasteiger partial charge >= 0.3 is 11.9 Å². The van der Waals surface area contributed by atoms with Crippen molar-refractivity contribution in [2.75, 3.05) is 13.7 Å². The standard InChI is InChI=1S/C16H20N2O5S/c1-8(2)6-23-16(21)12-9(3)11-13(24-12)17-7-18(14(11)19)10(4)15(20)22-5/h7-8,10H,6H2,1-5H3/t10-/m1/s1. The van der Waals surface area contributed by atoms with Crippen molar-refractivity contribution in [1.29, 1.82) is 0 Å². The number of hydrogen-bond donors (Lipinski definition) is 0. The van der Waals surface area contributed by atoms with Crippen molar-refractivity contribution in [3.8, 4) is 0 Å². The molecular weight excluding hydrogens is 332 g/mol. The normalized spacial score (nSPS) is 12.4. The lowest BCUT2D eigenvalue weighted by molar-refractivity contribution is -0.144. The molecule has 130 valence electrons. The molecule has 0 bridgehead atoms. The van der Waals surface area contributed by atoms with E-state index in [1.54, 1.807) is 13.8 Å². The molecule has 0 saturated carbocycles. The Morgan fingerprint density at radius 2 is 2.00 bits per heavy atom. The Kier molecular flexibility index (Phi) is 5.38. The average Bonchev–Trinajstić information content (AvgIpc) is 2.89. The average molecular weight is 352 g/mol. The summed E-state index contributed by atoms with van der Waals surface area (Å²) in [5, 5.41) is 0.328. The summed E-state index contributed by atoms with van der Waals surface area (Å²) < 4.78 is 11.1. The Hall–Kier alpha value is -2.22. The lowest BCUT2D eigenvalue weighted by Gasteiger charge is -2.12. The first-order chi connectivity index (χ1) is 11.3. The van der Waals surface area contributed by atoms with Crippen LogP contribution in [0.15, 0.2) is 11.1 Å². The number of nitrogens with zero attached hydrogens (tertiary/aromatic N) is 2. The minimum absolute atomic E-state index is 0.222. The van der Waals surface area contributed by atoms with Crippen molar-refractivity contribution in [2.24, 2.45) is 5.92 Å². The molecule has 2 aromatic heterocycles. The molecule has 7 nitrogen and oxygen atoms in total. The molecule has 0 aliphatic carbocycles. The molecule has 1 atom stereocenters. The minimum atomic E-state index is -0.796. The van der Waals surface area contributed by atoms with E-state index in [1.807, 2.05) is 13.8 Å². The van der Waals surface area contributed by atoms with Crippen LogP contribution in [0.2, 0.25) is 0 Å². The zero-order valence-corrected chi connectivity index (χ0v) is 15.1. The van der Waals surface area contributed by atoms with Crippen molar-refractivity contribution < 1.29 is 19.1 Å². The van der Waals surface area contributed by atoms with Gasteiger partial charge in [0, 0.05) is 0 Å². The third-order valence-electron chi connectivity index (χ3n) is 3.57. The third kappa shape index (κ3) is 3.33. The van der Waals surface area contributed by atoms with E-state index in [2.05, 4.69) is 9.72 Å². The van der Waals surface area contributed by atoms with Gasteiger partial charge in [-0.25, -0.2) is 14.6 Å². The van der Waals surface area contributed by atoms with Crippen LogP contribution in [-0.2, 0) is 14.3 Å². The number of methoxy groups -OCH3 is 1. The molecule has 0 fully saturated rings. The Balaban J connectivity index is 2.49. The topological polar surface area (TPSA) is 87.5 Å². The van der Waals surface area contributed by atoms with E-state index in [0.717, 1.165) is 11.3 Å². The van der Waals surface area contributed by atoms with E-state index >= 15 is 0 Å². The molecule has 0 amide bonds. The Bertz CT molecular complexity index is 837. The van der Waals surface area contributed by atoms with Crippen LogP contribution in [0.4, 0.5) is 0 Å². The molecule has 8 heteroatoms. The molecule has 0 aromatic carbocycles. The van der Waals surface area contributed by atoms with Gasteiger partial charge in [-0.2, -0.15) is 0 Å². The van der Waals surface area contributed by atoms with E-state index in [0.29, 0.717) is 27.3 Å². The second-order valence-corrected chi connectivity index (χ2v) is 6.88. The van der Waals surface area contributed by atoms with Crippen molar-refractivity contribution in [2.45, 2.75) is 33.7 Å². The largest absolute Gasteiger partial charge is 0.467 e. The van der Waals surface area contributed by atoms with Gasteiger partial charge in [-0.15, -0.1) is 11.3 Å². The number of aromatic nitrogens is 2. The fourth-order valence-corrected chi connectivity index (χ4v) is 3.23. The number of carbonyl (C=O) groups is 2. The SMILES string of the molecule is COC(=O)[C@@H](C)n1cnc2sc(C(=O)OCC(C)C)c(C)c2c1=O. The highest BCUT2D eigenvalue weighted by Crippen LogP contribution is 2.28. The molecule has 0 unspecified atom stereocenters. The van der Waals surface area contributed by atoms with Crippen LogP contribution in [0.5, 0.6) is 0 Å². The van der Waals surface area contributed by atoms with Crippen LogP contribution in [0.25, 0.3) is 10.2 Å².